The maximum absolute atomic E-state index is 11.9. The number of ketones is 1. The van der Waals surface area contributed by atoms with Crippen LogP contribution in [0.25, 0.3) is 0 Å². The average molecular weight is 434 g/mol. The Kier molecular flexibility index (Phi) is 4.30. The van der Waals surface area contributed by atoms with Crippen LogP contribution in [0.4, 0.5) is 0 Å². The van der Waals surface area contributed by atoms with Gasteiger partial charge in [-0.3, -0.25) is 9.63 Å². The Balaban J connectivity index is 1.77. The van der Waals surface area contributed by atoms with Gasteiger partial charge in [0.05, 0.1) is 0 Å². The van der Waals surface area contributed by atoms with E-state index in [0.29, 0.717) is 24.7 Å². The van der Waals surface area contributed by atoms with Crippen molar-refractivity contribution < 1.29 is 14.7 Å². The van der Waals surface area contributed by atoms with E-state index in [1.807, 2.05) is 6.08 Å². The second-order valence-electron chi connectivity index (χ2n) is 8.90. The average Bonchev–Trinajstić information content (AvgIpc) is 2.88. The van der Waals surface area contributed by atoms with Crippen LogP contribution in [0, 0.1) is 43.5 Å². The van der Waals surface area contributed by atoms with Crippen molar-refractivity contribution in [3.63, 3.8) is 0 Å². The number of nitrogens with zero attached hydrogens (tertiary/aromatic N) is 1. The molecule has 0 N–H and O–H groups in total. The van der Waals surface area contributed by atoms with E-state index in [0.717, 1.165) is 32.1 Å². The van der Waals surface area contributed by atoms with Gasteiger partial charge in [0.2, 0.25) is 0 Å². The first kappa shape index (κ1) is 18.7. The minimum atomic E-state index is -1.06. The van der Waals surface area contributed by atoms with Gasteiger partial charge in [-0.15, -0.1) is 10.1 Å². The van der Waals surface area contributed by atoms with E-state index in [1.165, 1.54) is 11.1 Å². The van der Waals surface area contributed by atoms with Gasteiger partial charge in [-0.25, -0.2) is 0 Å². The molecule has 0 aromatic rings. The minimum Gasteiger partial charge on any atom is -0.295 e. The summed E-state index contributed by atoms with van der Waals surface area (Å²) < 4.78 is 0. The highest BCUT2D eigenvalue weighted by Crippen LogP contribution is 2.66. The summed E-state index contributed by atoms with van der Waals surface area (Å²) in [5.74, 6) is 3.95. The Labute approximate surface area is 167 Å². The highest BCUT2D eigenvalue weighted by Gasteiger charge is 2.64. The highest BCUT2D eigenvalue weighted by atomic mass is 79.9. The number of rotatable bonds is 2. The third-order valence-electron chi connectivity index (χ3n) is 7.94. The van der Waals surface area contributed by atoms with Crippen LogP contribution in [0.1, 0.15) is 58.8 Å². The van der Waals surface area contributed by atoms with Gasteiger partial charge in [-0.2, -0.15) is 0 Å². The molecular weight excluding hydrogens is 410 g/mol. The molecule has 0 radical (unpaired) electrons. The summed E-state index contributed by atoms with van der Waals surface area (Å²) in [4.78, 5) is 31.1. The molecule has 5 atom stereocenters. The molecule has 4 rings (SSSR count). The van der Waals surface area contributed by atoms with Crippen LogP contribution in [0.15, 0.2) is 23.3 Å². The van der Waals surface area contributed by atoms with E-state index >= 15 is 0 Å². The van der Waals surface area contributed by atoms with E-state index in [9.17, 15) is 14.9 Å². The van der Waals surface area contributed by atoms with Gasteiger partial charge in [0.1, 0.15) is 0 Å². The first-order valence-electron chi connectivity index (χ1n) is 9.66. The lowest BCUT2D eigenvalue weighted by atomic mass is 9.51. The van der Waals surface area contributed by atoms with Gasteiger partial charge in [0.25, 0.3) is 5.09 Å². The van der Waals surface area contributed by atoms with Crippen molar-refractivity contribution in [3.8, 4) is 10.8 Å². The molecule has 5 nitrogen and oxygen atoms in total. The molecule has 0 spiro atoms. The predicted molar refractivity (Wildman–Crippen MR) is 104 cm³/mol. The molecule has 4 aliphatic rings. The van der Waals surface area contributed by atoms with Crippen LogP contribution in [0.5, 0.6) is 0 Å². The zero-order valence-corrected chi connectivity index (χ0v) is 17.3. The Morgan fingerprint density at radius 1 is 1.30 bits per heavy atom. The molecule has 0 amide bonds. The van der Waals surface area contributed by atoms with Crippen LogP contribution < -0.4 is 0 Å². The highest BCUT2D eigenvalue weighted by molar-refractivity contribution is 9.12. The van der Waals surface area contributed by atoms with E-state index in [2.05, 4.69) is 46.6 Å². The molecule has 0 unspecified atom stereocenters. The standard InChI is InChI=1S/C21H24BrNO4/c1-19-8-5-15(24)13-14(19)3-4-16-17(19)6-9-20(2)18(16)7-10-21(20,11-12-22)27-23(25)26/h6,13,16,18H,3-5,7-10H2,1-2H3/t16-,18+,19+,20+,21-/m1/s1. The summed E-state index contributed by atoms with van der Waals surface area (Å²) >= 11 is 3.14. The maximum Gasteiger partial charge on any atom is 0.296 e. The van der Waals surface area contributed by atoms with Gasteiger partial charge in [0, 0.05) is 33.2 Å². The first-order chi connectivity index (χ1) is 12.8. The van der Waals surface area contributed by atoms with E-state index < -0.39 is 16.1 Å². The van der Waals surface area contributed by atoms with Crippen molar-refractivity contribution in [2.75, 3.05) is 0 Å². The molecule has 4 aliphatic carbocycles. The molecule has 0 aliphatic heterocycles. The fourth-order valence-electron chi connectivity index (χ4n) is 6.43. The Morgan fingerprint density at radius 3 is 2.78 bits per heavy atom. The molecule has 6 heteroatoms. The van der Waals surface area contributed by atoms with Gasteiger partial charge in [-0.05, 0) is 61.3 Å². The number of allylic oxidation sites excluding steroid dienone is 4. The summed E-state index contributed by atoms with van der Waals surface area (Å²) in [5.41, 5.74) is 1.23. The van der Waals surface area contributed by atoms with E-state index in [-0.39, 0.29) is 11.2 Å². The van der Waals surface area contributed by atoms with Crippen molar-refractivity contribution in [3.05, 3.63) is 33.4 Å². The zero-order chi connectivity index (χ0) is 19.4. The third kappa shape index (κ3) is 2.54. The molecule has 0 bridgehead atoms. The molecule has 2 fully saturated rings. The molecule has 0 heterocycles. The van der Waals surface area contributed by atoms with Crippen LogP contribution in [-0.4, -0.2) is 16.5 Å². The van der Waals surface area contributed by atoms with Gasteiger partial charge in [-0.1, -0.05) is 37.0 Å². The summed E-state index contributed by atoms with van der Waals surface area (Å²) in [7, 11) is 0. The summed E-state index contributed by atoms with van der Waals surface area (Å²) in [5, 5.41) is 10.6. The monoisotopic (exact) mass is 433 g/mol. The van der Waals surface area contributed by atoms with Crippen molar-refractivity contribution in [2.45, 2.75) is 64.4 Å². The summed E-state index contributed by atoms with van der Waals surface area (Å²) in [6, 6.07) is 0. The SMILES string of the molecule is C[C@]12CCC(=O)C=C1CC[C@@H]1C2=CC[C@@]2(C)[C@H]1CC[C@]2(C#CBr)O[N+](=O)[O-]. The molecule has 2 saturated carbocycles. The van der Waals surface area contributed by atoms with Crippen LogP contribution >= 0.6 is 15.9 Å². The van der Waals surface area contributed by atoms with Gasteiger partial charge < -0.3 is 0 Å². The normalized spacial score (nSPS) is 42.6. The van der Waals surface area contributed by atoms with Crippen molar-refractivity contribution in [2.24, 2.45) is 22.7 Å². The molecule has 0 aromatic heterocycles. The zero-order valence-electron chi connectivity index (χ0n) is 15.7. The number of carbonyl (C=O) groups is 1. The largest absolute Gasteiger partial charge is 0.296 e. The Bertz CT molecular complexity index is 837. The van der Waals surface area contributed by atoms with Crippen LogP contribution in [0.3, 0.4) is 0 Å². The quantitative estimate of drug-likeness (QED) is 0.273. The molecule has 0 aromatic carbocycles. The summed E-state index contributed by atoms with van der Waals surface area (Å²) in [6.45, 7) is 4.39. The second kappa shape index (κ2) is 6.20. The maximum atomic E-state index is 11.9. The number of halogens is 1. The fraction of sp³-hybridized carbons (Fsp3) is 0.667. The molecule has 0 saturated heterocycles. The van der Waals surface area contributed by atoms with Gasteiger partial charge in [0.15, 0.2) is 11.4 Å². The lowest BCUT2D eigenvalue weighted by molar-refractivity contribution is -0.780. The van der Waals surface area contributed by atoms with Crippen molar-refractivity contribution in [1.82, 2.24) is 0 Å². The molecule has 27 heavy (non-hydrogen) atoms. The lowest BCUT2D eigenvalue weighted by Crippen LogP contribution is -2.52. The summed E-state index contributed by atoms with van der Waals surface area (Å²) in [6.07, 6.45) is 9.75. The predicted octanol–water partition coefficient (Wildman–Crippen LogP) is 4.74. The Hall–Kier alpha value is -1.61. The number of hydrogen-bond acceptors (Lipinski definition) is 4. The molecular formula is C21H24BrNO4. The fourth-order valence-corrected chi connectivity index (χ4v) is 6.76. The van der Waals surface area contributed by atoms with Crippen molar-refractivity contribution in [1.29, 1.82) is 0 Å². The molecule has 144 valence electrons. The Morgan fingerprint density at radius 2 is 2.07 bits per heavy atom. The number of carbonyl (C=O) groups excluding carboxylic acids is 1. The smallest absolute Gasteiger partial charge is 0.295 e. The van der Waals surface area contributed by atoms with Crippen molar-refractivity contribution >= 4 is 21.7 Å². The first-order valence-corrected chi connectivity index (χ1v) is 10.5. The topological polar surface area (TPSA) is 69.4 Å². The van der Waals surface area contributed by atoms with Crippen LogP contribution in [-0.2, 0) is 9.63 Å². The van der Waals surface area contributed by atoms with Crippen LogP contribution in [0.2, 0.25) is 0 Å². The minimum absolute atomic E-state index is 0.0333. The third-order valence-corrected chi connectivity index (χ3v) is 8.13. The second-order valence-corrected chi connectivity index (χ2v) is 9.30. The van der Waals surface area contributed by atoms with E-state index in [4.69, 9.17) is 4.84 Å². The number of fused-ring (bicyclic) bond motifs is 5. The van der Waals surface area contributed by atoms with Gasteiger partial charge >= 0.3 is 0 Å². The number of hydrogen-bond donors (Lipinski definition) is 0. The lowest BCUT2D eigenvalue weighted by Gasteiger charge is -2.54. The van der Waals surface area contributed by atoms with E-state index in [1.54, 1.807) is 0 Å².